The Hall–Kier alpha value is -4.94. The first kappa shape index (κ1) is 20.7. The van der Waals surface area contributed by atoms with Crippen molar-refractivity contribution in [3.8, 4) is 45.4 Å². The van der Waals surface area contributed by atoms with Gasteiger partial charge in [-0.3, -0.25) is 4.57 Å². The van der Waals surface area contributed by atoms with Crippen LogP contribution in [0.25, 0.3) is 50.4 Å². The Labute approximate surface area is 204 Å². The highest BCUT2D eigenvalue weighted by Crippen LogP contribution is 2.37. The van der Waals surface area contributed by atoms with E-state index in [1.165, 1.54) is 0 Å². The van der Waals surface area contributed by atoms with Gasteiger partial charge in [0.15, 0.2) is 0 Å². The Morgan fingerprint density at radius 1 is 0.571 bits per heavy atom. The highest BCUT2D eigenvalue weighted by molar-refractivity contribution is 5.90. The Balaban J connectivity index is 1.58. The first-order valence-electron chi connectivity index (χ1n) is 11.6. The molecule has 0 spiro atoms. The third-order valence-electron chi connectivity index (χ3n) is 6.28. The van der Waals surface area contributed by atoms with Crippen molar-refractivity contribution < 1.29 is 0 Å². The summed E-state index contributed by atoms with van der Waals surface area (Å²) in [5, 5.41) is 10.1. The van der Waals surface area contributed by atoms with Crippen LogP contribution in [0.4, 0.5) is 0 Å². The summed E-state index contributed by atoms with van der Waals surface area (Å²) in [7, 11) is 0. The van der Waals surface area contributed by atoms with Crippen molar-refractivity contribution in [2.75, 3.05) is 0 Å². The Kier molecular flexibility index (Phi) is 5.18. The number of hydrogen-bond donors (Lipinski definition) is 0. The molecule has 0 radical (unpaired) electrons. The number of nitrogens with zero attached hydrogens (tertiary/aromatic N) is 3. The van der Waals surface area contributed by atoms with Gasteiger partial charge in [0.2, 0.25) is 0 Å². The average molecular weight is 448 g/mol. The van der Waals surface area contributed by atoms with Gasteiger partial charge in [-0.1, -0.05) is 97.1 Å². The number of hydrogen-bond acceptors (Lipinski definition) is 2. The maximum absolute atomic E-state index is 10.1. The molecule has 0 N–H and O–H groups in total. The molecular weight excluding hydrogens is 426 g/mol. The van der Waals surface area contributed by atoms with Gasteiger partial charge in [0.1, 0.15) is 5.82 Å². The molecule has 0 saturated heterocycles. The minimum atomic E-state index is 0.640. The number of fused-ring (bicyclic) bond motifs is 1. The average Bonchev–Trinajstić information content (AvgIpc) is 3.33. The lowest BCUT2D eigenvalue weighted by Gasteiger charge is -2.14. The van der Waals surface area contributed by atoms with Gasteiger partial charge < -0.3 is 0 Å². The molecule has 0 unspecified atom stereocenters. The van der Waals surface area contributed by atoms with Gasteiger partial charge in [-0.25, -0.2) is 4.98 Å². The summed E-state index contributed by atoms with van der Waals surface area (Å²) in [6.45, 7) is 0. The van der Waals surface area contributed by atoms with Crippen molar-refractivity contribution in [2.45, 2.75) is 0 Å². The highest BCUT2D eigenvalue weighted by atomic mass is 15.1. The maximum Gasteiger partial charge on any atom is 0.146 e. The minimum absolute atomic E-state index is 0.640. The zero-order chi connectivity index (χ0) is 23.6. The standard InChI is InChI=1S/C32H21N3/c33-22-25-21-24(23-11-3-1-4-12-23)19-20-27(25)28-15-7-8-16-29(28)32-34-30-17-9-10-18-31(30)35(32)26-13-5-2-6-14-26/h1-21H. The lowest BCUT2D eigenvalue weighted by atomic mass is 9.92. The van der Waals surface area contributed by atoms with E-state index in [1.54, 1.807) is 0 Å². The maximum atomic E-state index is 10.1. The van der Waals surface area contributed by atoms with Gasteiger partial charge in [-0.05, 0) is 47.0 Å². The third kappa shape index (κ3) is 3.68. The normalized spacial score (nSPS) is 10.8. The smallest absolute Gasteiger partial charge is 0.146 e. The summed E-state index contributed by atoms with van der Waals surface area (Å²) >= 11 is 0. The Morgan fingerprint density at radius 2 is 1.23 bits per heavy atom. The van der Waals surface area contributed by atoms with Crippen LogP contribution in [0, 0.1) is 11.3 Å². The zero-order valence-electron chi connectivity index (χ0n) is 19.0. The number of para-hydroxylation sites is 3. The fourth-order valence-corrected chi connectivity index (χ4v) is 4.64. The van der Waals surface area contributed by atoms with Crippen molar-refractivity contribution in [2.24, 2.45) is 0 Å². The van der Waals surface area contributed by atoms with Crippen LogP contribution in [0.15, 0.2) is 127 Å². The SMILES string of the molecule is N#Cc1cc(-c2ccccc2)ccc1-c1ccccc1-c1nc2ccccc2n1-c1ccccc1. The molecule has 0 atom stereocenters. The van der Waals surface area contributed by atoms with E-state index in [2.05, 4.69) is 65.2 Å². The van der Waals surface area contributed by atoms with Crippen molar-refractivity contribution in [1.82, 2.24) is 9.55 Å². The van der Waals surface area contributed by atoms with E-state index in [4.69, 9.17) is 4.98 Å². The first-order valence-corrected chi connectivity index (χ1v) is 11.6. The summed E-state index contributed by atoms with van der Waals surface area (Å²) in [5.74, 6) is 0.851. The molecule has 6 aromatic rings. The molecule has 0 amide bonds. The highest BCUT2D eigenvalue weighted by Gasteiger charge is 2.19. The fourth-order valence-electron chi connectivity index (χ4n) is 4.64. The second kappa shape index (κ2) is 8.78. The minimum Gasteiger partial charge on any atom is -0.292 e. The van der Waals surface area contributed by atoms with E-state index in [9.17, 15) is 5.26 Å². The summed E-state index contributed by atoms with van der Waals surface area (Å²) in [5.41, 5.74) is 8.65. The van der Waals surface area contributed by atoms with E-state index >= 15 is 0 Å². The van der Waals surface area contributed by atoms with Crippen LogP contribution in [0.5, 0.6) is 0 Å². The van der Waals surface area contributed by atoms with Crippen molar-refractivity contribution in [3.05, 3.63) is 133 Å². The van der Waals surface area contributed by atoms with Gasteiger partial charge >= 0.3 is 0 Å². The number of benzene rings is 5. The molecule has 0 bridgehead atoms. The molecule has 5 aromatic carbocycles. The lowest BCUT2D eigenvalue weighted by Crippen LogP contribution is -1.99. The van der Waals surface area contributed by atoms with Gasteiger partial charge in [0.25, 0.3) is 0 Å². The lowest BCUT2D eigenvalue weighted by molar-refractivity contribution is 1.10. The second-order valence-electron chi connectivity index (χ2n) is 8.38. The fraction of sp³-hybridized carbons (Fsp3) is 0. The number of nitriles is 1. The molecule has 164 valence electrons. The van der Waals surface area contributed by atoms with E-state index in [0.29, 0.717) is 5.56 Å². The molecule has 6 rings (SSSR count). The van der Waals surface area contributed by atoms with Gasteiger partial charge in [0.05, 0.1) is 22.7 Å². The summed E-state index contributed by atoms with van der Waals surface area (Å²) in [4.78, 5) is 5.05. The topological polar surface area (TPSA) is 41.6 Å². The largest absolute Gasteiger partial charge is 0.292 e. The van der Waals surface area contributed by atoms with Crippen LogP contribution in [0.1, 0.15) is 5.56 Å². The van der Waals surface area contributed by atoms with E-state index in [1.807, 2.05) is 72.8 Å². The summed E-state index contributed by atoms with van der Waals surface area (Å²) in [6, 6.07) is 45.3. The van der Waals surface area contributed by atoms with Crippen LogP contribution in [0.2, 0.25) is 0 Å². The van der Waals surface area contributed by atoms with Crippen molar-refractivity contribution in [3.63, 3.8) is 0 Å². The monoisotopic (exact) mass is 447 g/mol. The molecule has 0 aliphatic heterocycles. The molecule has 0 fully saturated rings. The molecule has 35 heavy (non-hydrogen) atoms. The molecule has 0 aliphatic carbocycles. The first-order chi connectivity index (χ1) is 17.3. The van der Waals surface area contributed by atoms with Gasteiger partial charge in [-0.2, -0.15) is 5.26 Å². The van der Waals surface area contributed by atoms with Gasteiger partial charge in [-0.15, -0.1) is 0 Å². The van der Waals surface area contributed by atoms with Crippen molar-refractivity contribution in [1.29, 1.82) is 5.26 Å². The molecule has 0 saturated carbocycles. The zero-order valence-corrected chi connectivity index (χ0v) is 19.0. The Morgan fingerprint density at radius 3 is 2.00 bits per heavy atom. The summed E-state index contributed by atoms with van der Waals surface area (Å²) in [6.07, 6.45) is 0. The van der Waals surface area contributed by atoms with Crippen LogP contribution in [0.3, 0.4) is 0 Å². The third-order valence-corrected chi connectivity index (χ3v) is 6.28. The van der Waals surface area contributed by atoms with Crippen LogP contribution in [-0.2, 0) is 0 Å². The molecule has 1 heterocycles. The van der Waals surface area contributed by atoms with Crippen LogP contribution >= 0.6 is 0 Å². The number of aromatic nitrogens is 2. The molecule has 1 aromatic heterocycles. The predicted molar refractivity (Wildman–Crippen MR) is 142 cm³/mol. The van der Waals surface area contributed by atoms with E-state index in [0.717, 1.165) is 50.4 Å². The number of imidazole rings is 1. The predicted octanol–water partition coefficient (Wildman–Crippen LogP) is 7.90. The number of rotatable bonds is 4. The molecule has 3 heteroatoms. The summed E-state index contributed by atoms with van der Waals surface area (Å²) < 4.78 is 2.19. The van der Waals surface area contributed by atoms with Gasteiger partial charge in [0, 0.05) is 16.8 Å². The molecular formula is C32H21N3. The molecule has 0 aliphatic rings. The van der Waals surface area contributed by atoms with Crippen molar-refractivity contribution >= 4 is 11.0 Å². The van der Waals surface area contributed by atoms with E-state index in [-0.39, 0.29) is 0 Å². The van der Waals surface area contributed by atoms with Crippen LogP contribution < -0.4 is 0 Å². The van der Waals surface area contributed by atoms with E-state index < -0.39 is 0 Å². The Bertz CT molecular complexity index is 1690. The molecule has 3 nitrogen and oxygen atoms in total. The second-order valence-corrected chi connectivity index (χ2v) is 8.38. The quantitative estimate of drug-likeness (QED) is 0.276. The van der Waals surface area contributed by atoms with Crippen LogP contribution in [-0.4, -0.2) is 9.55 Å².